The second-order valence-electron chi connectivity index (χ2n) is 6.51. The van der Waals surface area contributed by atoms with Crippen LogP contribution in [0.25, 0.3) is 22.0 Å². The van der Waals surface area contributed by atoms with Gasteiger partial charge in [-0.2, -0.15) is 0 Å². The molecule has 0 bridgehead atoms. The molecule has 0 aliphatic heterocycles. The van der Waals surface area contributed by atoms with Crippen molar-refractivity contribution in [3.8, 4) is 17.0 Å². The van der Waals surface area contributed by atoms with Gasteiger partial charge in [0.2, 0.25) is 11.7 Å². The van der Waals surface area contributed by atoms with Crippen molar-refractivity contribution in [2.45, 2.75) is 13.3 Å². The number of hydrogen-bond acceptors (Lipinski definition) is 5. The topological polar surface area (TPSA) is 77.2 Å². The number of carbonyl (C=O) groups excluding carboxylic acids is 1. The van der Waals surface area contributed by atoms with Crippen LogP contribution in [0.3, 0.4) is 0 Å². The SMILES string of the molecule is COc1ccc(-c2nonc2NC(=O)Cc2cccc3ccccc23)c(C)c1. The number of methoxy groups -OCH3 is 1. The Morgan fingerprint density at radius 3 is 2.71 bits per heavy atom. The van der Waals surface area contributed by atoms with E-state index < -0.39 is 0 Å². The number of rotatable bonds is 5. The fourth-order valence-corrected chi connectivity index (χ4v) is 3.27. The van der Waals surface area contributed by atoms with Crippen LogP contribution in [0.4, 0.5) is 5.82 Å². The van der Waals surface area contributed by atoms with Crippen LogP contribution in [-0.4, -0.2) is 23.3 Å². The number of carbonyl (C=O) groups is 1. The lowest BCUT2D eigenvalue weighted by atomic mass is 10.0. The number of fused-ring (bicyclic) bond motifs is 1. The maximum atomic E-state index is 12.7. The highest BCUT2D eigenvalue weighted by Gasteiger charge is 2.17. The largest absolute Gasteiger partial charge is 0.497 e. The van der Waals surface area contributed by atoms with E-state index in [-0.39, 0.29) is 12.3 Å². The first-order valence-electron chi connectivity index (χ1n) is 8.90. The molecule has 0 unspecified atom stereocenters. The van der Waals surface area contributed by atoms with Crippen molar-refractivity contribution in [3.63, 3.8) is 0 Å². The smallest absolute Gasteiger partial charge is 0.230 e. The number of ether oxygens (including phenoxy) is 1. The zero-order valence-electron chi connectivity index (χ0n) is 15.6. The fraction of sp³-hybridized carbons (Fsp3) is 0.136. The van der Waals surface area contributed by atoms with Crippen molar-refractivity contribution in [2.75, 3.05) is 12.4 Å². The van der Waals surface area contributed by atoms with E-state index in [1.807, 2.05) is 67.6 Å². The third-order valence-corrected chi connectivity index (χ3v) is 4.67. The van der Waals surface area contributed by atoms with Gasteiger partial charge in [-0.05, 0) is 57.3 Å². The number of hydrogen-bond donors (Lipinski definition) is 1. The van der Waals surface area contributed by atoms with Crippen LogP contribution in [-0.2, 0) is 11.2 Å². The molecule has 1 heterocycles. The lowest BCUT2D eigenvalue weighted by molar-refractivity contribution is -0.115. The normalized spacial score (nSPS) is 10.8. The van der Waals surface area contributed by atoms with Crippen LogP contribution in [0.2, 0.25) is 0 Å². The Kier molecular flexibility index (Phi) is 4.76. The minimum absolute atomic E-state index is 0.181. The van der Waals surface area contributed by atoms with Crippen molar-refractivity contribution in [1.82, 2.24) is 10.3 Å². The first kappa shape index (κ1) is 17.7. The number of aryl methyl sites for hydroxylation is 1. The van der Waals surface area contributed by atoms with Crippen LogP contribution in [0.1, 0.15) is 11.1 Å². The van der Waals surface area contributed by atoms with Gasteiger partial charge in [0.15, 0.2) is 5.69 Å². The molecule has 0 saturated heterocycles. The Morgan fingerprint density at radius 1 is 1.07 bits per heavy atom. The summed E-state index contributed by atoms with van der Waals surface area (Å²) in [4.78, 5) is 12.7. The number of nitrogens with one attached hydrogen (secondary N) is 1. The monoisotopic (exact) mass is 373 g/mol. The molecule has 0 spiro atoms. The molecule has 140 valence electrons. The third-order valence-electron chi connectivity index (χ3n) is 4.67. The number of anilines is 1. The number of amides is 1. The van der Waals surface area contributed by atoms with E-state index in [9.17, 15) is 4.79 Å². The molecule has 6 heteroatoms. The molecule has 3 aromatic carbocycles. The van der Waals surface area contributed by atoms with Crippen molar-refractivity contribution in [3.05, 3.63) is 71.8 Å². The molecule has 0 radical (unpaired) electrons. The Bertz CT molecular complexity index is 1150. The molecular formula is C22H19N3O3. The lowest BCUT2D eigenvalue weighted by Gasteiger charge is -2.08. The van der Waals surface area contributed by atoms with Gasteiger partial charge in [-0.15, -0.1) is 0 Å². The molecule has 0 fully saturated rings. The first-order valence-corrected chi connectivity index (χ1v) is 8.90. The fourth-order valence-electron chi connectivity index (χ4n) is 3.27. The summed E-state index contributed by atoms with van der Waals surface area (Å²) in [5, 5.41) is 12.8. The predicted octanol–water partition coefficient (Wildman–Crippen LogP) is 4.39. The van der Waals surface area contributed by atoms with Gasteiger partial charge in [-0.1, -0.05) is 42.5 Å². The molecular weight excluding hydrogens is 354 g/mol. The van der Waals surface area contributed by atoms with Crippen molar-refractivity contribution in [1.29, 1.82) is 0 Å². The van der Waals surface area contributed by atoms with Crippen molar-refractivity contribution >= 4 is 22.5 Å². The summed E-state index contributed by atoms with van der Waals surface area (Å²) in [5.41, 5.74) is 3.21. The summed E-state index contributed by atoms with van der Waals surface area (Å²) in [6.07, 6.45) is 0.231. The third kappa shape index (κ3) is 3.44. The van der Waals surface area contributed by atoms with Gasteiger partial charge in [-0.3, -0.25) is 4.79 Å². The Morgan fingerprint density at radius 2 is 1.89 bits per heavy atom. The summed E-state index contributed by atoms with van der Waals surface area (Å²) >= 11 is 0. The van der Waals surface area contributed by atoms with Gasteiger partial charge in [-0.25, -0.2) is 4.63 Å². The Balaban J connectivity index is 1.57. The quantitative estimate of drug-likeness (QED) is 0.561. The molecule has 1 N–H and O–H groups in total. The average Bonchev–Trinajstić information content (AvgIpc) is 3.15. The van der Waals surface area contributed by atoms with E-state index >= 15 is 0 Å². The maximum Gasteiger partial charge on any atom is 0.230 e. The minimum Gasteiger partial charge on any atom is -0.497 e. The zero-order valence-corrected chi connectivity index (χ0v) is 15.6. The summed E-state index contributed by atoms with van der Waals surface area (Å²) in [6, 6.07) is 19.5. The highest BCUT2D eigenvalue weighted by molar-refractivity contribution is 5.97. The summed E-state index contributed by atoms with van der Waals surface area (Å²) in [6.45, 7) is 1.94. The Hall–Kier alpha value is -3.67. The minimum atomic E-state index is -0.181. The van der Waals surface area contributed by atoms with Gasteiger partial charge in [0.1, 0.15) is 5.75 Å². The number of benzene rings is 3. The second-order valence-corrected chi connectivity index (χ2v) is 6.51. The van der Waals surface area contributed by atoms with Crippen molar-refractivity contribution in [2.24, 2.45) is 0 Å². The van der Waals surface area contributed by atoms with Crippen LogP contribution < -0.4 is 10.1 Å². The molecule has 1 aromatic heterocycles. The van der Waals surface area contributed by atoms with Gasteiger partial charge in [0.25, 0.3) is 0 Å². The highest BCUT2D eigenvalue weighted by Crippen LogP contribution is 2.30. The average molecular weight is 373 g/mol. The van der Waals surface area contributed by atoms with Crippen LogP contribution in [0, 0.1) is 6.92 Å². The standard InChI is InChI=1S/C22H19N3O3/c1-14-12-17(27-2)10-11-18(14)21-22(25-28-24-21)23-20(26)13-16-8-5-7-15-6-3-4-9-19(15)16/h3-12H,13H2,1-2H3,(H,23,25,26). The molecule has 1 amide bonds. The van der Waals surface area contributed by atoms with E-state index in [1.165, 1.54) is 0 Å². The van der Waals surface area contributed by atoms with Gasteiger partial charge < -0.3 is 10.1 Å². The summed E-state index contributed by atoms with van der Waals surface area (Å²) in [5.74, 6) is 0.872. The number of aromatic nitrogens is 2. The van der Waals surface area contributed by atoms with Crippen molar-refractivity contribution < 1.29 is 14.2 Å². The zero-order chi connectivity index (χ0) is 19.5. The van der Waals surface area contributed by atoms with E-state index in [1.54, 1.807) is 7.11 Å². The van der Waals surface area contributed by atoms with E-state index in [0.717, 1.165) is 33.2 Å². The molecule has 4 aromatic rings. The first-order chi connectivity index (χ1) is 13.7. The van der Waals surface area contributed by atoms with E-state index in [4.69, 9.17) is 9.37 Å². The van der Waals surface area contributed by atoms with E-state index in [0.29, 0.717) is 11.5 Å². The molecule has 4 rings (SSSR count). The van der Waals surface area contributed by atoms with Gasteiger partial charge in [0.05, 0.1) is 13.5 Å². The summed E-state index contributed by atoms with van der Waals surface area (Å²) in [7, 11) is 1.62. The molecule has 0 aliphatic rings. The second kappa shape index (κ2) is 7.52. The van der Waals surface area contributed by atoms with Crippen LogP contribution in [0.15, 0.2) is 65.3 Å². The van der Waals surface area contributed by atoms with Crippen LogP contribution in [0.5, 0.6) is 5.75 Å². The predicted molar refractivity (Wildman–Crippen MR) is 107 cm³/mol. The molecule has 0 saturated carbocycles. The lowest BCUT2D eigenvalue weighted by Crippen LogP contribution is -2.15. The molecule has 6 nitrogen and oxygen atoms in total. The molecule has 28 heavy (non-hydrogen) atoms. The molecule has 0 aliphatic carbocycles. The van der Waals surface area contributed by atoms with Gasteiger partial charge in [0, 0.05) is 5.56 Å². The van der Waals surface area contributed by atoms with E-state index in [2.05, 4.69) is 15.6 Å². The highest BCUT2D eigenvalue weighted by atomic mass is 16.6. The van der Waals surface area contributed by atoms with Crippen LogP contribution >= 0.6 is 0 Å². The maximum absolute atomic E-state index is 12.7. The summed E-state index contributed by atoms with van der Waals surface area (Å²) < 4.78 is 10.1. The number of nitrogens with zero attached hydrogens (tertiary/aromatic N) is 2. The van der Waals surface area contributed by atoms with Gasteiger partial charge >= 0.3 is 0 Å². The molecule has 0 atom stereocenters. The Labute approximate surface area is 162 Å².